The third kappa shape index (κ3) is 3.03. The Morgan fingerprint density at radius 1 is 1.00 bits per heavy atom. The summed E-state index contributed by atoms with van der Waals surface area (Å²) in [4.78, 5) is 3.79. The van der Waals surface area contributed by atoms with Gasteiger partial charge in [-0.15, -0.1) is 0 Å². The average Bonchev–Trinajstić information content (AvgIpc) is 2.37. The SMILES string of the molecule is O=S(=O)(O)c1ccccc1C=Cc1ccncc1. The summed E-state index contributed by atoms with van der Waals surface area (Å²) in [5.74, 6) is 0. The molecule has 5 heteroatoms. The molecule has 18 heavy (non-hydrogen) atoms. The van der Waals surface area contributed by atoms with Crippen LogP contribution < -0.4 is 0 Å². The van der Waals surface area contributed by atoms with Gasteiger partial charge in [0.15, 0.2) is 0 Å². The van der Waals surface area contributed by atoms with E-state index in [1.165, 1.54) is 6.07 Å². The monoisotopic (exact) mass is 261 g/mol. The zero-order valence-corrected chi connectivity index (χ0v) is 10.2. The van der Waals surface area contributed by atoms with Gasteiger partial charge < -0.3 is 0 Å². The van der Waals surface area contributed by atoms with E-state index in [1.807, 2.05) is 0 Å². The van der Waals surface area contributed by atoms with Crippen LogP contribution in [0.25, 0.3) is 12.2 Å². The molecule has 0 atom stereocenters. The summed E-state index contributed by atoms with van der Waals surface area (Å²) in [6, 6.07) is 9.86. The lowest BCUT2D eigenvalue weighted by molar-refractivity contribution is 0.483. The lowest BCUT2D eigenvalue weighted by Crippen LogP contribution is -2.00. The van der Waals surface area contributed by atoms with Gasteiger partial charge in [-0.2, -0.15) is 8.42 Å². The molecule has 0 amide bonds. The first-order valence-corrected chi connectivity index (χ1v) is 6.66. The summed E-state index contributed by atoms with van der Waals surface area (Å²) in [7, 11) is -4.20. The highest BCUT2D eigenvalue weighted by Crippen LogP contribution is 2.17. The van der Waals surface area contributed by atoms with Crippen LogP contribution in [0.1, 0.15) is 11.1 Å². The first-order chi connectivity index (χ1) is 8.57. The standard InChI is InChI=1S/C13H11NO3S/c15-18(16,17)13-4-2-1-3-12(13)6-5-11-7-9-14-10-8-11/h1-10H,(H,15,16,17). The molecule has 1 N–H and O–H groups in total. The Kier molecular flexibility index (Phi) is 3.55. The van der Waals surface area contributed by atoms with Crippen LogP contribution >= 0.6 is 0 Å². The predicted octanol–water partition coefficient (Wildman–Crippen LogP) is 2.50. The topological polar surface area (TPSA) is 67.3 Å². The van der Waals surface area contributed by atoms with E-state index in [0.29, 0.717) is 5.56 Å². The fourth-order valence-electron chi connectivity index (χ4n) is 1.51. The van der Waals surface area contributed by atoms with Crippen molar-refractivity contribution in [1.29, 1.82) is 0 Å². The Labute approximate surface area is 105 Å². The third-order valence-electron chi connectivity index (χ3n) is 2.36. The molecule has 2 rings (SSSR count). The Morgan fingerprint density at radius 3 is 2.33 bits per heavy atom. The molecule has 92 valence electrons. The van der Waals surface area contributed by atoms with E-state index in [0.717, 1.165) is 5.56 Å². The number of rotatable bonds is 3. The van der Waals surface area contributed by atoms with Crippen molar-refractivity contribution in [2.75, 3.05) is 0 Å². The maximum Gasteiger partial charge on any atom is 0.295 e. The summed E-state index contributed by atoms with van der Waals surface area (Å²) < 4.78 is 31.4. The molecule has 0 aliphatic rings. The second-order valence-corrected chi connectivity index (χ2v) is 5.02. The lowest BCUT2D eigenvalue weighted by Gasteiger charge is -2.01. The van der Waals surface area contributed by atoms with Crippen molar-refractivity contribution in [3.63, 3.8) is 0 Å². The summed E-state index contributed by atoms with van der Waals surface area (Å²) in [6.07, 6.45) is 6.69. The second-order valence-electron chi connectivity index (χ2n) is 3.63. The van der Waals surface area contributed by atoms with Crippen molar-refractivity contribution in [2.24, 2.45) is 0 Å². The van der Waals surface area contributed by atoms with E-state index in [1.54, 1.807) is 54.9 Å². The van der Waals surface area contributed by atoms with E-state index >= 15 is 0 Å². The normalized spacial score (nSPS) is 11.8. The fraction of sp³-hybridized carbons (Fsp3) is 0. The van der Waals surface area contributed by atoms with Crippen molar-refractivity contribution in [2.45, 2.75) is 4.90 Å². The van der Waals surface area contributed by atoms with Crippen LogP contribution in [0, 0.1) is 0 Å². The van der Waals surface area contributed by atoms with Gasteiger partial charge in [0.2, 0.25) is 0 Å². The molecule has 0 fully saturated rings. The molecule has 0 aliphatic carbocycles. The molecule has 1 heterocycles. The Hall–Kier alpha value is -1.98. The molecular formula is C13H11NO3S. The summed E-state index contributed by atoms with van der Waals surface area (Å²) in [6.45, 7) is 0. The van der Waals surface area contributed by atoms with Gasteiger partial charge in [-0.3, -0.25) is 9.54 Å². The molecular weight excluding hydrogens is 250 g/mol. The van der Waals surface area contributed by atoms with Gasteiger partial charge in [-0.05, 0) is 29.3 Å². The van der Waals surface area contributed by atoms with Crippen LogP contribution in [0.5, 0.6) is 0 Å². The summed E-state index contributed by atoms with van der Waals surface area (Å²) in [5, 5.41) is 0. The quantitative estimate of drug-likeness (QED) is 0.862. The van der Waals surface area contributed by atoms with E-state index < -0.39 is 10.1 Å². The van der Waals surface area contributed by atoms with E-state index in [9.17, 15) is 8.42 Å². The summed E-state index contributed by atoms with van der Waals surface area (Å²) in [5.41, 5.74) is 1.34. The molecule has 0 unspecified atom stereocenters. The number of hydrogen-bond acceptors (Lipinski definition) is 3. The highest BCUT2D eigenvalue weighted by Gasteiger charge is 2.12. The van der Waals surface area contributed by atoms with E-state index in [-0.39, 0.29) is 4.90 Å². The van der Waals surface area contributed by atoms with Gasteiger partial charge in [0, 0.05) is 12.4 Å². The Morgan fingerprint density at radius 2 is 1.67 bits per heavy atom. The molecule has 0 bridgehead atoms. The largest absolute Gasteiger partial charge is 0.295 e. The molecule has 1 aromatic heterocycles. The smallest absolute Gasteiger partial charge is 0.282 e. The maximum absolute atomic E-state index is 11.2. The number of nitrogens with zero attached hydrogens (tertiary/aromatic N) is 1. The molecule has 0 aliphatic heterocycles. The average molecular weight is 261 g/mol. The fourth-order valence-corrected chi connectivity index (χ4v) is 2.20. The minimum atomic E-state index is -4.20. The maximum atomic E-state index is 11.2. The van der Waals surface area contributed by atoms with Gasteiger partial charge in [0.1, 0.15) is 4.90 Å². The van der Waals surface area contributed by atoms with Crippen LogP contribution in [0.15, 0.2) is 53.7 Å². The highest BCUT2D eigenvalue weighted by molar-refractivity contribution is 7.85. The molecule has 4 nitrogen and oxygen atoms in total. The number of pyridine rings is 1. The number of benzene rings is 1. The predicted molar refractivity (Wildman–Crippen MR) is 69.4 cm³/mol. The zero-order chi connectivity index (χ0) is 13.0. The van der Waals surface area contributed by atoms with Gasteiger partial charge in [0.05, 0.1) is 0 Å². The van der Waals surface area contributed by atoms with Crippen molar-refractivity contribution >= 4 is 22.3 Å². The van der Waals surface area contributed by atoms with Crippen LogP contribution in [-0.4, -0.2) is 18.0 Å². The van der Waals surface area contributed by atoms with Crippen molar-refractivity contribution in [3.05, 3.63) is 59.9 Å². The van der Waals surface area contributed by atoms with Crippen LogP contribution in [0.3, 0.4) is 0 Å². The van der Waals surface area contributed by atoms with Crippen LogP contribution in [-0.2, 0) is 10.1 Å². The minimum Gasteiger partial charge on any atom is -0.282 e. The lowest BCUT2D eigenvalue weighted by atomic mass is 10.1. The van der Waals surface area contributed by atoms with Crippen molar-refractivity contribution in [3.8, 4) is 0 Å². The molecule has 0 saturated carbocycles. The second kappa shape index (κ2) is 5.12. The molecule has 2 aromatic rings. The molecule has 0 radical (unpaired) electrons. The van der Waals surface area contributed by atoms with Gasteiger partial charge in [-0.1, -0.05) is 30.4 Å². The minimum absolute atomic E-state index is 0.102. The number of aromatic nitrogens is 1. The Bertz CT molecular complexity index is 664. The number of hydrogen-bond donors (Lipinski definition) is 1. The highest BCUT2D eigenvalue weighted by atomic mass is 32.2. The van der Waals surface area contributed by atoms with Gasteiger partial charge >= 0.3 is 0 Å². The van der Waals surface area contributed by atoms with Gasteiger partial charge in [-0.25, -0.2) is 0 Å². The van der Waals surface area contributed by atoms with Crippen molar-refractivity contribution in [1.82, 2.24) is 4.98 Å². The molecule has 0 spiro atoms. The molecule has 0 saturated heterocycles. The van der Waals surface area contributed by atoms with E-state index in [2.05, 4.69) is 4.98 Å². The van der Waals surface area contributed by atoms with Crippen LogP contribution in [0.2, 0.25) is 0 Å². The van der Waals surface area contributed by atoms with Gasteiger partial charge in [0.25, 0.3) is 10.1 Å². The zero-order valence-electron chi connectivity index (χ0n) is 9.39. The van der Waals surface area contributed by atoms with Crippen molar-refractivity contribution < 1.29 is 13.0 Å². The van der Waals surface area contributed by atoms with E-state index in [4.69, 9.17) is 4.55 Å². The Balaban J connectivity index is 2.39. The van der Waals surface area contributed by atoms with Crippen LogP contribution in [0.4, 0.5) is 0 Å². The first kappa shape index (κ1) is 12.5. The third-order valence-corrected chi connectivity index (χ3v) is 3.29. The first-order valence-electron chi connectivity index (χ1n) is 5.22. The molecule has 1 aromatic carbocycles. The summed E-state index contributed by atoms with van der Waals surface area (Å²) >= 11 is 0.